The van der Waals surface area contributed by atoms with E-state index in [0.717, 1.165) is 0 Å². The Bertz CT molecular complexity index is 1030. The first-order valence-electron chi connectivity index (χ1n) is 8.74. The lowest BCUT2D eigenvalue weighted by atomic mass is 10.1. The highest BCUT2D eigenvalue weighted by Gasteiger charge is 2.16. The Labute approximate surface area is 184 Å². The molecule has 0 aliphatic heterocycles. The highest BCUT2D eigenvalue weighted by atomic mass is 79.9. The van der Waals surface area contributed by atoms with Crippen LogP contribution in [-0.2, 0) is 11.3 Å². The summed E-state index contributed by atoms with van der Waals surface area (Å²) in [7, 11) is 1.54. The van der Waals surface area contributed by atoms with Crippen molar-refractivity contribution in [2.45, 2.75) is 12.6 Å². The molecule has 9 nitrogen and oxygen atoms in total. The molecular weight excluding hydrogens is 481 g/mol. The summed E-state index contributed by atoms with van der Waals surface area (Å²) in [6, 6.07) is 3.68. The number of nitrogens with zero attached hydrogens (tertiary/aromatic N) is 4. The minimum atomic E-state index is -0.646. The average molecular weight is 499 g/mol. The van der Waals surface area contributed by atoms with Crippen LogP contribution < -0.4 is 16.0 Å². The molecule has 0 saturated heterocycles. The van der Waals surface area contributed by atoms with Gasteiger partial charge in [0, 0.05) is 17.7 Å². The van der Waals surface area contributed by atoms with Crippen molar-refractivity contribution in [1.29, 1.82) is 0 Å². The fraction of sp³-hybridized carbons (Fsp3) is 0.222. The SMILES string of the molecule is CNC(=O)Cn1cc(Nc2ncc(Cl)c(N[C@H](CO)c3cc(F)cc(Br)c3)n2)cn1. The van der Waals surface area contributed by atoms with Gasteiger partial charge in [0.25, 0.3) is 0 Å². The second-order valence-electron chi connectivity index (χ2n) is 6.20. The van der Waals surface area contributed by atoms with E-state index in [9.17, 15) is 14.3 Å². The van der Waals surface area contributed by atoms with Crippen LogP contribution in [0.4, 0.5) is 21.8 Å². The second kappa shape index (κ2) is 9.83. The highest BCUT2D eigenvalue weighted by molar-refractivity contribution is 9.10. The maximum Gasteiger partial charge on any atom is 0.241 e. The van der Waals surface area contributed by atoms with E-state index in [1.54, 1.807) is 19.3 Å². The van der Waals surface area contributed by atoms with Gasteiger partial charge in [-0.1, -0.05) is 27.5 Å². The van der Waals surface area contributed by atoms with Crippen molar-refractivity contribution in [3.63, 3.8) is 0 Å². The third kappa shape index (κ3) is 5.65. The number of benzene rings is 1. The van der Waals surface area contributed by atoms with Gasteiger partial charge in [0.05, 0.1) is 30.7 Å². The van der Waals surface area contributed by atoms with E-state index in [0.29, 0.717) is 15.7 Å². The third-order valence-electron chi connectivity index (χ3n) is 4.00. The summed E-state index contributed by atoms with van der Waals surface area (Å²) in [5.41, 5.74) is 1.09. The van der Waals surface area contributed by atoms with Gasteiger partial charge < -0.3 is 21.1 Å². The molecule has 2 aromatic heterocycles. The van der Waals surface area contributed by atoms with E-state index >= 15 is 0 Å². The van der Waals surface area contributed by atoms with Crippen molar-refractivity contribution >= 4 is 50.9 Å². The van der Waals surface area contributed by atoms with Gasteiger partial charge in [-0.25, -0.2) is 9.37 Å². The summed E-state index contributed by atoms with van der Waals surface area (Å²) in [6.45, 7) is -0.237. The molecule has 4 N–H and O–H groups in total. The number of hydrogen-bond acceptors (Lipinski definition) is 7. The number of carbonyl (C=O) groups is 1. The van der Waals surface area contributed by atoms with Crippen LogP contribution in [-0.4, -0.2) is 44.4 Å². The van der Waals surface area contributed by atoms with Crippen LogP contribution in [0.1, 0.15) is 11.6 Å². The number of aliphatic hydroxyl groups excluding tert-OH is 1. The first kappa shape index (κ1) is 21.9. The molecule has 0 aliphatic carbocycles. The van der Waals surface area contributed by atoms with Gasteiger partial charge in [-0.15, -0.1) is 0 Å². The molecular formula is C18H18BrClFN7O2. The van der Waals surface area contributed by atoms with Gasteiger partial charge in [0.15, 0.2) is 5.82 Å². The molecule has 3 aromatic rings. The van der Waals surface area contributed by atoms with E-state index in [2.05, 4.69) is 46.9 Å². The van der Waals surface area contributed by atoms with Crippen LogP contribution in [0.3, 0.4) is 0 Å². The number of aliphatic hydroxyl groups is 1. The van der Waals surface area contributed by atoms with Crippen LogP contribution in [0.15, 0.2) is 41.3 Å². The molecule has 30 heavy (non-hydrogen) atoms. The second-order valence-corrected chi connectivity index (χ2v) is 7.52. The van der Waals surface area contributed by atoms with E-state index in [4.69, 9.17) is 11.6 Å². The van der Waals surface area contributed by atoms with Crippen molar-refractivity contribution in [3.8, 4) is 0 Å². The molecule has 1 atom stereocenters. The van der Waals surface area contributed by atoms with Crippen LogP contribution in [0, 0.1) is 5.82 Å². The molecule has 0 aliphatic rings. The van der Waals surface area contributed by atoms with Crippen LogP contribution in [0.5, 0.6) is 0 Å². The van der Waals surface area contributed by atoms with Crippen molar-refractivity contribution < 1.29 is 14.3 Å². The monoisotopic (exact) mass is 497 g/mol. The van der Waals surface area contributed by atoms with Gasteiger partial charge in [-0.3, -0.25) is 9.48 Å². The quantitative estimate of drug-likeness (QED) is 0.377. The Kier molecular flexibility index (Phi) is 7.19. The van der Waals surface area contributed by atoms with Crippen molar-refractivity contribution in [2.75, 3.05) is 24.3 Å². The molecule has 0 bridgehead atoms. The topological polar surface area (TPSA) is 117 Å². The molecule has 158 valence electrons. The van der Waals surface area contributed by atoms with Crippen molar-refractivity contribution in [2.24, 2.45) is 0 Å². The first-order chi connectivity index (χ1) is 14.4. The molecule has 0 radical (unpaired) electrons. The number of halogens is 3. The Morgan fingerprint density at radius 3 is 2.87 bits per heavy atom. The number of nitrogens with one attached hydrogen (secondary N) is 3. The highest BCUT2D eigenvalue weighted by Crippen LogP contribution is 2.27. The number of anilines is 3. The Hall–Kier alpha value is -2.76. The number of likely N-dealkylation sites (N-methyl/N-ethyl adjacent to an activating group) is 1. The predicted molar refractivity (Wildman–Crippen MR) is 114 cm³/mol. The standard InChI is InChI=1S/C18H18BrClFN7O2/c1-22-16(30)8-28-7-13(5-24-28)25-18-23-6-14(20)17(27-18)26-15(9-29)10-2-11(19)4-12(21)3-10/h2-7,15,29H,8-9H2,1H3,(H,22,30)(H2,23,25,26,27)/t15-/m1/s1. The smallest absolute Gasteiger partial charge is 0.241 e. The summed E-state index contributed by atoms with van der Waals surface area (Å²) in [5, 5.41) is 22.6. The van der Waals surface area contributed by atoms with E-state index < -0.39 is 11.9 Å². The van der Waals surface area contributed by atoms with Gasteiger partial charge in [-0.05, 0) is 23.8 Å². The van der Waals surface area contributed by atoms with Gasteiger partial charge >= 0.3 is 0 Å². The first-order valence-corrected chi connectivity index (χ1v) is 9.91. The minimum absolute atomic E-state index is 0.0772. The summed E-state index contributed by atoms with van der Waals surface area (Å²) >= 11 is 9.42. The summed E-state index contributed by atoms with van der Waals surface area (Å²) in [4.78, 5) is 19.9. The van der Waals surface area contributed by atoms with Crippen molar-refractivity contribution in [3.05, 3.63) is 57.7 Å². The molecule has 0 unspecified atom stereocenters. The fourth-order valence-corrected chi connectivity index (χ4v) is 3.20. The van der Waals surface area contributed by atoms with Crippen molar-refractivity contribution in [1.82, 2.24) is 25.1 Å². The lowest BCUT2D eigenvalue weighted by Crippen LogP contribution is -2.23. The third-order valence-corrected chi connectivity index (χ3v) is 4.73. The van der Waals surface area contributed by atoms with Gasteiger partial charge in [0.1, 0.15) is 17.4 Å². The molecule has 0 saturated carbocycles. The number of hydrogen-bond donors (Lipinski definition) is 4. The normalized spacial score (nSPS) is 11.8. The van der Waals surface area contributed by atoms with E-state index in [1.165, 1.54) is 29.2 Å². The Balaban J connectivity index is 1.77. The number of rotatable bonds is 8. The van der Waals surface area contributed by atoms with Crippen LogP contribution >= 0.6 is 27.5 Å². The van der Waals surface area contributed by atoms with Crippen LogP contribution in [0.2, 0.25) is 5.02 Å². The lowest BCUT2D eigenvalue weighted by molar-refractivity contribution is -0.121. The molecule has 2 heterocycles. The fourth-order valence-electron chi connectivity index (χ4n) is 2.57. The zero-order chi connectivity index (χ0) is 21.7. The molecule has 1 aromatic carbocycles. The van der Waals surface area contributed by atoms with E-state index in [-0.39, 0.29) is 35.8 Å². The molecule has 0 fully saturated rings. The average Bonchev–Trinajstić information content (AvgIpc) is 3.14. The maximum absolute atomic E-state index is 13.7. The maximum atomic E-state index is 13.7. The zero-order valence-electron chi connectivity index (χ0n) is 15.7. The summed E-state index contributed by atoms with van der Waals surface area (Å²) < 4.78 is 15.7. The number of carbonyl (C=O) groups excluding carboxylic acids is 1. The molecule has 3 rings (SSSR count). The Morgan fingerprint density at radius 2 is 2.17 bits per heavy atom. The zero-order valence-corrected chi connectivity index (χ0v) is 18.1. The molecule has 12 heteroatoms. The minimum Gasteiger partial charge on any atom is -0.394 e. The largest absolute Gasteiger partial charge is 0.394 e. The number of amides is 1. The number of aromatic nitrogens is 4. The Morgan fingerprint density at radius 1 is 1.37 bits per heavy atom. The van der Waals surface area contributed by atoms with Gasteiger partial charge in [0.2, 0.25) is 11.9 Å². The van der Waals surface area contributed by atoms with Gasteiger partial charge in [-0.2, -0.15) is 10.1 Å². The predicted octanol–water partition coefficient (Wildman–Crippen LogP) is 2.86. The molecule has 1 amide bonds. The summed E-state index contributed by atoms with van der Waals surface area (Å²) in [5.74, 6) is -0.146. The van der Waals surface area contributed by atoms with E-state index in [1.807, 2.05) is 0 Å². The molecule has 0 spiro atoms. The summed E-state index contributed by atoms with van der Waals surface area (Å²) in [6.07, 6.45) is 4.54. The lowest BCUT2D eigenvalue weighted by Gasteiger charge is -2.19. The van der Waals surface area contributed by atoms with Crippen LogP contribution in [0.25, 0.3) is 0 Å².